The van der Waals surface area contributed by atoms with Crippen molar-refractivity contribution in [2.75, 3.05) is 0 Å². The zero-order chi connectivity index (χ0) is 20.1. The van der Waals surface area contributed by atoms with Crippen LogP contribution in [0.4, 0.5) is 5.69 Å². The molecule has 1 aliphatic rings. The van der Waals surface area contributed by atoms with Gasteiger partial charge in [-0.2, -0.15) is 0 Å². The highest BCUT2D eigenvalue weighted by Gasteiger charge is 2.24. The molecular weight excluding hydrogens is 448 g/mol. The van der Waals surface area contributed by atoms with Crippen molar-refractivity contribution in [3.05, 3.63) is 99.4 Å². The Hall–Kier alpha value is -2.83. The summed E-state index contributed by atoms with van der Waals surface area (Å²) in [5, 5.41) is 3.37. The SMILES string of the molecule is O=C1NC(=Nc2ccccc2Br)S/C1=C/c1cccc(OCc2ccccc2)c1. The molecule has 0 spiro atoms. The number of rotatable bonds is 5. The molecule has 0 saturated carbocycles. The molecule has 0 atom stereocenters. The van der Waals surface area contributed by atoms with Crippen molar-refractivity contribution < 1.29 is 9.53 Å². The minimum absolute atomic E-state index is 0.156. The molecule has 29 heavy (non-hydrogen) atoms. The molecule has 0 aliphatic carbocycles. The molecule has 0 bridgehead atoms. The summed E-state index contributed by atoms with van der Waals surface area (Å²) >= 11 is 4.79. The van der Waals surface area contributed by atoms with Crippen LogP contribution in [0.25, 0.3) is 6.08 Å². The predicted octanol–water partition coefficient (Wildman–Crippen LogP) is 5.92. The van der Waals surface area contributed by atoms with Crippen LogP contribution >= 0.6 is 27.7 Å². The van der Waals surface area contributed by atoms with Crippen LogP contribution in [-0.4, -0.2) is 11.1 Å². The number of thioether (sulfide) groups is 1. The highest BCUT2D eigenvalue weighted by molar-refractivity contribution is 9.10. The van der Waals surface area contributed by atoms with Crippen molar-refractivity contribution >= 4 is 50.5 Å². The van der Waals surface area contributed by atoms with Gasteiger partial charge in [-0.25, -0.2) is 4.99 Å². The molecule has 0 unspecified atom stereocenters. The summed E-state index contributed by atoms with van der Waals surface area (Å²) in [6.07, 6.45) is 1.85. The number of para-hydroxylation sites is 1. The summed E-state index contributed by atoms with van der Waals surface area (Å²) in [5.41, 5.74) is 2.78. The van der Waals surface area contributed by atoms with Crippen molar-refractivity contribution in [1.82, 2.24) is 5.32 Å². The van der Waals surface area contributed by atoms with Crippen LogP contribution in [0.15, 0.2) is 93.2 Å². The highest BCUT2D eigenvalue weighted by Crippen LogP contribution is 2.31. The second kappa shape index (κ2) is 9.11. The van der Waals surface area contributed by atoms with E-state index in [9.17, 15) is 4.79 Å². The van der Waals surface area contributed by atoms with Crippen LogP contribution in [0.5, 0.6) is 5.75 Å². The monoisotopic (exact) mass is 464 g/mol. The number of benzene rings is 3. The Morgan fingerprint density at radius 3 is 2.62 bits per heavy atom. The Morgan fingerprint density at radius 1 is 1.00 bits per heavy atom. The average molecular weight is 465 g/mol. The summed E-state index contributed by atoms with van der Waals surface area (Å²) < 4.78 is 6.75. The lowest BCUT2D eigenvalue weighted by molar-refractivity contribution is -0.115. The molecule has 4 rings (SSSR count). The minimum atomic E-state index is -0.156. The van der Waals surface area contributed by atoms with Gasteiger partial charge >= 0.3 is 0 Å². The van der Waals surface area contributed by atoms with Gasteiger partial charge in [-0.15, -0.1) is 0 Å². The Balaban J connectivity index is 1.48. The second-order valence-electron chi connectivity index (χ2n) is 6.28. The van der Waals surface area contributed by atoms with Gasteiger partial charge in [-0.05, 0) is 69.2 Å². The van der Waals surface area contributed by atoms with E-state index < -0.39 is 0 Å². The van der Waals surface area contributed by atoms with E-state index in [1.165, 1.54) is 11.8 Å². The van der Waals surface area contributed by atoms with Crippen molar-refractivity contribution in [3.8, 4) is 5.75 Å². The number of nitrogens with one attached hydrogen (secondary N) is 1. The van der Waals surface area contributed by atoms with Gasteiger partial charge in [0.2, 0.25) is 0 Å². The normalized spacial score (nSPS) is 16.2. The summed E-state index contributed by atoms with van der Waals surface area (Å²) in [4.78, 5) is 17.4. The third kappa shape index (κ3) is 5.16. The molecule has 0 radical (unpaired) electrons. The molecule has 3 aromatic carbocycles. The standard InChI is InChI=1S/C23H17BrN2O2S/c24-19-11-4-5-12-20(19)25-23-26-22(27)21(29-23)14-17-9-6-10-18(13-17)28-15-16-7-2-1-3-8-16/h1-14H,15H2,(H,25,26,27)/b21-14+. The summed E-state index contributed by atoms with van der Waals surface area (Å²) in [6, 6.07) is 25.3. The van der Waals surface area contributed by atoms with Crippen LogP contribution in [0, 0.1) is 0 Å². The van der Waals surface area contributed by atoms with E-state index in [4.69, 9.17) is 4.74 Å². The number of aliphatic imine (C=N–C) groups is 1. The smallest absolute Gasteiger partial charge is 0.264 e. The fraction of sp³-hybridized carbons (Fsp3) is 0.0435. The van der Waals surface area contributed by atoms with E-state index in [2.05, 4.69) is 26.2 Å². The number of carbonyl (C=O) groups excluding carboxylic acids is 1. The Kier molecular flexibility index (Phi) is 6.12. The van der Waals surface area contributed by atoms with E-state index in [1.807, 2.05) is 84.9 Å². The molecule has 1 aliphatic heterocycles. The molecule has 1 fully saturated rings. The van der Waals surface area contributed by atoms with E-state index in [0.717, 1.165) is 27.0 Å². The first-order valence-electron chi connectivity index (χ1n) is 8.98. The van der Waals surface area contributed by atoms with Crippen LogP contribution in [0.2, 0.25) is 0 Å². The molecule has 3 aromatic rings. The fourth-order valence-electron chi connectivity index (χ4n) is 2.72. The van der Waals surface area contributed by atoms with Gasteiger partial charge in [0.15, 0.2) is 5.17 Å². The van der Waals surface area contributed by atoms with E-state index in [0.29, 0.717) is 16.7 Å². The zero-order valence-corrected chi connectivity index (χ0v) is 17.7. The molecule has 1 N–H and O–H groups in total. The molecule has 4 nitrogen and oxygen atoms in total. The molecule has 1 saturated heterocycles. The third-order valence-corrected chi connectivity index (χ3v) is 5.71. The van der Waals surface area contributed by atoms with Gasteiger partial charge in [0, 0.05) is 4.47 Å². The molecule has 1 amide bonds. The maximum atomic E-state index is 12.3. The van der Waals surface area contributed by atoms with Crippen molar-refractivity contribution in [2.24, 2.45) is 4.99 Å². The fourth-order valence-corrected chi connectivity index (χ4v) is 3.93. The Morgan fingerprint density at radius 2 is 1.79 bits per heavy atom. The van der Waals surface area contributed by atoms with E-state index in [-0.39, 0.29) is 5.91 Å². The Labute approximate surface area is 181 Å². The summed E-state index contributed by atoms with van der Waals surface area (Å²) in [6.45, 7) is 0.499. The molecule has 144 valence electrons. The highest BCUT2D eigenvalue weighted by atomic mass is 79.9. The summed E-state index contributed by atoms with van der Waals surface area (Å²) in [5.74, 6) is 0.602. The number of nitrogens with zero attached hydrogens (tertiary/aromatic N) is 1. The first-order valence-corrected chi connectivity index (χ1v) is 10.6. The molecule has 0 aromatic heterocycles. The van der Waals surface area contributed by atoms with E-state index >= 15 is 0 Å². The lowest BCUT2D eigenvalue weighted by atomic mass is 10.2. The first-order chi connectivity index (χ1) is 14.2. The molecule has 6 heteroatoms. The number of amides is 1. The van der Waals surface area contributed by atoms with Gasteiger partial charge in [-0.1, -0.05) is 54.6 Å². The number of hydrogen-bond acceptors (Lipinski definition) is 4. The molecule has 1 heterocycles. The number of hydrogen-bond donors (Lipinski definition) is 1. The van der Waals surface area contributed by atoms with Gasteiger partial charge < -0.3 is 10.1 Å². The maximum absolute atomic E-state index is 12.3. The first kappa shape index (κ1) is 19.5. The lowest BCUT2D eigenvalue weighted by Crippen LogP contribution is -2.19. The second-order valence-corrected chi connectivity index (χ2v) is 8.16. The van der Waals surface area contributed by atoms with Crippen LogP contribution in [0.1, 0.15) is 11.1 Å². The number of amidine groups is 1. The van der Waals surface area contributed by atoms with Gasteiger partial charge in [0.25, 0.3) is 5.91 Å². The molecular formula is C23H17BrN2O2S. The average Bonchev–Trinajstić information content (AvgIpc) is 3.08. The quantitative estimate of drug-likeness (QED) is 0.476. The van der Waals surface area contributed by atoms with Crippen molar-refractivity contribution in [2.45, 2.75) is 6.61 Å². The maximum Gasteiger partial charge on any atom is 0.264 e. The Bertz CT molecular complexity index is 1100. The van der Waals surface area contributed by atoms with Crippen molar-refractivity contribution in [1.29, 1.82) is 0 Å². The van der Waals surface area contributed by atoms with Crippen molar-refractivity contribution in [3.63, 3.8) is 0 Å². The minimum Gasteiger partial charge on any atom is -0.489 e. The van der Waals surface area contributed by atoms with Crippen LogP contribution < -0.4 is 10.1 Å². The zero-order valence-electron chi connectivity index (χ0n) is 15.3. The lowest BCUT2D eigenvalue weighted by Gasteiger charge is -2.07. The summed E-state index contributed by atoms with van der Waals surface area (Å²) in [7, 11) is 0. The van der Waals surface area contributed by atoms with Gasteiger partial charge in [0.05, 0.1) is 10.6 Å². The van der Waals surface area contributed by atoms with Gasteiger partial charge in [0.1, 0.15) is 12.4 Å². The number of ether oxygens (including phenoxy) is 1. The van der Waals surface area contributed by atoms with Crippen LogP contribution in [0.3, 0.4) is 0 Å². The number of carbonyl (C=O) groups is 1. The van der Waals surface area contributed by atoms with Crippen LogP contribution in [-0.2, 0) is 11.4 Å². The third-order valence-electron chi connectivity index (χ3n) is 4.13. The largest absolute Gasteiger partial charge is 0.489 e. The predicted molar refractivity (Wildman–Crippen MR) is 122 cm³/mol. The topological polar surface area (TPSA) is 50.7 Å². The van der Waals surface area contributed by atoms with E-state index in [1.54, 1.807) is 0 Å². The van der Waals surface area contributed by atoms with Gasteiger partial charge in [-0.3, -0.25) is 4.79 Å². The number of halogens is 1.